The normalized spacial score (nSPS) is 21.1. The number of piperidine rings is 1. The van der Waals surface area contributed by atoms with Crippen LogP contribution in [0.4, 0.5) is 5.69 Å². The van der Waals surface area contributed by atoms with Crippen molar-refractivity contribution in [2.45, 2.75) is 51.0 Å². The summed E-state index contributed by atoms with van der Waals surface area (Å²) >= 11 is 1.24. The van der Waals surface area contributed by atoms with E-state index in [0.29, 0.717) is 23.2 Å². The second kappa shape index (κ2) is 10.0. The van der Waals surface area contributed by atoms with Gasteiger partial charge >= 0.3 is 5.97 Å². The van der Waals surface area contributed by atoms with Crippen molar-refractivity contribution in [2.24, 2.45) is 5.92 Å². The van der Waals surface area contributed by atoms with E-state index in [4.69, 9.17) is 4.74 Å². The number of thiophene rings is 1. The summed E-state index contributed by atoms with van der Waals surface area (Å²) < 4.78 is 4.73. The zero-order valence-corrected chi connectivity index (χ0v) is 17.2. The van der Waals surface area contributed by atoms with Gasteiger partial charge in [0.25, 0.3) is 0 Å². The number of anilines is 1. The topological polar surface area (TPSA) is 87.7 Å². The van der Waals surface area contributed by atoms with Crippen molar-refractivity contribution >= 4 is 34.8 Å². The summed E-state index contributed by atoms with van der Waals surface area (Å²) in [6.45, 7) is 1.61. The van der Waals surface area contributed by atoms with Crippen LogP contribution in [0.25, 0.3) is 0 Å². The molecule has 0 bridgehead atoms. The highest BCUT2D eigenvalue weighted by atomic mass is 32.1. The second-order valence-electron chi connectivity index (χ2n) is 7.62. The first-order chi connectivity index (χ1) is 13.6. The lowest BCUT2D eigenvalue weighted by Gasteiger charge is -2.33. The molecule has 7 nitrogen and oxygen atoms in total. The van der Waals surface area contributed by atoms with Crippen LogP contribution in [0.15, 0.2) is 11.4 Å². The van der Waals surface area contributed by atoms with Gasteiger partial charge in [0, 0.05) is 12.6 Å². The first-order valence-corrected chi connectivity index (χ1v) is 10.9. The third-order valence-electron chi connectivity index (χ3n) is 5.51. The van der Waals surface area contributed by atoms with E-state index >= 15 is 0 Å². The molecule has 1 aliphatic carbocycles. The minimum atomic E-state index is -0.456. The molecule has 1 aromatic heterocycles. The molecule has 2 heterocycles. The molecule has 1 aromatic rings. The van der Waals surface area contributed by atoms with Gasteiger partial charge in [-0.15, -0.1) is 11.3 Å². The maximum atomic E-state index is 12.6. The van der Waals surface area contributed by atoms with E-state index in [9.17, 15) is 14.4 Å². The molecular weight excluding hydrogens is 378 g/mol. The molecule has 2 aliphatic rings. The van der Waals surface area contributed by atoms with E-state index < -0.39 is 5.97 Å². The van der Waals surface area contributed by atoms with Crippen molar-refractivity contribution in [3.05, 3.63) is 16.3 Å². The van der Waals surface area contributed by atoms with Gasteiger partial charge in [-0.1, -0.05) is 19.3 Å². The third kappa shape index (κ3) is 5.54. The van der Waals surface area contributed by atoms with Gasteiger partial charge in [0.2, 0.25) is 11.8 Å². The molecule has 1 atom stereocenters. The van der Waals surface area contributed by atoms with Crippen molar-refractivity contribution < 1.29 is 19.1 Å². The van der Waals surface area contributed by atoms with Gasteiger partial charge in [0.1, 0.15) is 4.88 Å². The van der Waals surface area contributed by atoms with Gasteiger partial charge in [0.05, 0.1) is 25.3 Å². The fraction of sp³-hybridized carbons (Fsp3) is 0.650. The number of rotatable bonds is 6. The van der Waals surface area contributed by atoms with Crippen LogP contribution in [0.1, 0.15) is 54.6 Å². The lowest BCUT2D eigenvalue weighted by atomic mass is 9.93. The summed E-state index contributed by atoms with van der Waals surface area (Å²) in [6, 6.07) is 2.01. The van der Waals surface area contributed by atoms with Crippen molar-refractivity contribution in [2.75, 3.05) is 32.1 Å². The molecule has 28 heavy (non-hydrogen) atoms. The standard InChI is InChI=1S/C20H29N3O4S/c1-27-20(26)18-16(9-11-28-18)22-17(24)13-23-10-5-6-14(12-23)19(25)21-15-7-3-2-4-8-15/h9,11,14-15H,2-8,10,12-13H2,1H3,(H,21,25)(H,22,24). The Balaban J connectivity index is 1.49. The molecule has 1 unspecified atom stereocenters. The van der Waals surface area contributed by atoms with E-state index in [1.54, 1.807) is 11.4 Å². The highest BCUT2D eigenvalue weighted by Crippen LogP contribution is 2.24. The Morgan fingerprint density at radius 1 is 1.18 bits per heavy atom. The number of methoxy groups -OCH3 is 1. The minimum absolute atomic E-state index is 0.0599. The van der Waals surface area contributed by atoms with Crippen molar-refractivity contribution in [3.63, 3.8) is 0 Å². The van der Waals surface area contributed by atoms with Gasteiger partial charge in [-0.25, -0.2) is 4.79 Å². The number of carbonyl (C=O) groups is 3. The highest BCUT2D eigenvalue weighted by molar-refractivity contribution is 7.12. The number of ether oxygens (including phenoxy) is 1. The third-order valence-corrected chi connectivity index (χ3v) is 6.40. The lowest BCUT2D eigenvalue weighted by Crippen LogP contribution is -2.47. The molecule has 0 radical (unpaired) electrons. The molecule has 1 aliphatic heterocycles. The Bertz CT molecular complexity index is 699. The van der Waals surface area contributed by atoms with Crippen LogP contribution < -0.4 is 10.6 Å². The molecule has 0 spiro atoms. The number of carbonyl (C=O) groups excluding carboxylic acids is 3. The maximum Gasteiger partial charge on any atom is 0.350 e. The Morgan fingerprint density at radius 2 is 1.96 bits per heavy atom. The quantitative estimate of drug-likeness (QED) is 0.708. The van der Waals surface area contributed by atoms with Gasteiger partial charge in [-0.3, -0.25) is 14.5 Å². The van der Waals surface area contributed by atoms with Gasteiger partial charge in [-0.05, 0) is 43.7 Å². The van der Waals surface area contributed by atoms with Crippen LogP contribution in [0.5, 0.6) is 0 Å². The summed E-state index contributed by atoms with van der Waals surface area (Å²) in [5.74, 6) is -0.572. The lowest BCUT2D eigenvalue weighted by molar-refractivity contribution is -0.128. The van der Waals surface area contributed by atoms with E-state index in [0.717, 1.165) is 32.2 Å². The van der Waals surface area contributed by atoms with E-state index in [-0.39, 0.29) is 24.3 Å². The molecule has 0 aromatic carbocycles. The Hall–Kier alpha value is -1.93. The first-order valence-electron chi connectivity index (χ1n) is 10.0. The number of amides is 2. The Kier molecular flexibility index (Phi) is 7.44. The van der Waals surface area contributed by atoms with Crippen LogP contribution in [-0.4, -0.2) is 55.5 Å². The van der Waals surface area contributed by atoms with E-state index in [1.807, 2.05) is 4.90 Å². The number of hydrogen-bond acceptors (Lipinski definition) is 6. The summed E-state index contributed by atoms with van der Waals surface area (Å²) in [6.07, 6.45) is 7.58. The fourth-order valence-electron chi connectivity index (χ4n) is 4.03. The predicted molar refractivity (Wildman–Crippen MR) is 108 cm³/mol. The molecule has 3 rings (SSSR count). The highest BCUT2D eigenvalue weighted by Gasteiger charge is 2.28. The summed E-state index contributed by atoms with van der Waals surface area (Å²) in [5.41, 5.74) is 0.477. The van der Waals surface area contributed by atoms with Crippen molar-refractivity contribution in [1.82, 2.24) is 10.2 Å². The molecule has 2 amide bonds. The number of hydrogen-bond donors (Lipinski definition) is 2. The first kappa shape index (κ1) is 20.8. The monoisotopic (exact) mass is 407 g/mol. The van der Waals surface area contributed by atoms with Crippen LogP contribution in [0.3, 0.4) is 0 Å². The zero-order valence-electron chi connectivity index (χ0n) is 16.4. The Labute approximate surface area is 169 Å². The second-order valence-corrected chi connectivity index (χ2v) is 8.54. The number of likely N-dealkylation sites (tertiary alicyclic amines) is 1. The molecule has 1 saturated heterocycles. The predicted octanol–water partition coefficient (Wildman–Crippen LogP) is 2.63. The molecule has 154 valence electrons. The SMILES string of the molecule is COC(=O)c1sccc1NC(=O)CN1CCCC(C(=O)NC2CCCCC2)C1. The fourth-order valence-corrected chi connectivity index (χ4v) is 4.80. The average molecular weight is 408 g/mol. The van der Waals surface area contributed by atoms with E-state index in [1.165, 1.54) is 37.7 Å². The van der Waals surface area contributed by atoms with E-state index in [2.05, 4.69) is 10.6 Å². The van der Waals surface area contributed by atoms with Gasteiger partial charge in [0.15, 0.2) is 0 Å². The van der Waals surface area contributed by atoms with Gasteiger partial charge < -0.3 is 15.4 Å². The number of nitrogens with zero attached hydrogens (tertiary/aromatic N) is 1. The largest absolute Gasteiger partial charge is 0.465 e. The van der Waals surface area contributed by atoms with Crippen molar-refractivity contribution in [1.29, 1.82) is 0 Å². The molecule has 1 saturated carbocycles. The van der Waals surface area contributed by atoms with Crippen molar-refractivity contribution in [3.8, 4) is 0 Å². The van der Waals surface area contributed by atoms with Gasteiger partial charge in [-0.2, -0.15) is 0 Å². The smallest absolute Gasteiger partial charge is 0.350 e. The minimum Gasteiger partial charge on any atom is -0.465 e. The summed E-state index contributed by atoms with van der Waals surface area (Å²) in [5, 5.41) is 7.74. The van der Waals surface area contributed by atoms with Crippen LogP contribution in [-0.2, 0) is 14.3 Å². The van der Waals surface area contributed by atoms with Crippen LogP contribution >= 0.6 is 11.3 Å². The molecular formula is C20H29N3O4S. The average Bonchev–Trinajstić information content (AvgIpc) is 3.16. The van der Waals surface area contributed by atoms with Crippen LogP contribution in [0, 0.1) is 5.92 Å². The molecule has 2 N–H and O–H groups in total. The summed E-state index contributed by atoms with van der Waals surface area (Å²) in [7, 11) is 1.32. The summed E-state index contributed by atoms with van der Waals surface area (Å²) in [4.78, 5) is 39.2. The molecule has 2 fully saturated rings. The Morgan fingerprint density at radius 3 is 2.71 bits per heavy atom. The number of esters is 1. The zero-order chi connectivity index (χ0) is 19.9. The molecule has 8 heteroatoms. The van der Waals surface area contributed by atoms with Crippen LogP contribution in [0.2, 0.25) is 0 Å². The number of nitrogens with one attached hydrogen (secondary N) is 2. The maximum absolute atomic E-state index is 12.6.